The molecule has 0 radical (unpaired) electrons. The number of phosphoric ester groups is 2. The second-order valence-electron chi connectivity index (χ2n) is 9.94. The molecule has 252 valence electrons. The summed E-state index contributed by atoms with van der Waals surface area (Å²) in [7, 11) is -10.6. The quantitative estimate of drug-likeness (QED) is 0.0702. The Morgan fingerprint density at radius 1 is 1.05 bits per heavy atom. The van der Waals surface area contributed by atoms with E-state index in [-0.39, 0.29) is 16.2 Å². The van der Waals surface area contributed by atoms with Gasteiger partial charge in [-0.05, 0) is 12.5 Å². The van der Waals surface area contributed by atoms with Crippen LogP contribution in [0, 0.1) is 0 Å². The lowest BCUT2D eigenvalue weighted by Crippen LogP contribution is -2.74. The lowest BCUT2D eigenvalue weighted by Gasteiger charge is -2.44. The molecule has 0 aromatic carbocycles. The van der Waals surface area contributed by atoms with Crippen LogP contribution in [-0.4, -0.2) is 117 Å². The Bertz CT molecular complexity index is 1220. The largest absolute Gasteiger partial charge is 0.785 e. The maximum Gasteiger partial charge on any atom is 0.481 e. The van der Waals surface area contributed by atoms with Crippen LogP contribution in [0.25, 0.3) is 0 Å². The Kier molecular flexibility index (Phi) is 11.7. The minimum absolute atomic E-state index is 0.0585. The van der Waals surface area contributed by atoms with E-state index in [2.05, 4.69) is 25.6 Å². The van der Waals surface area contributed by atoms with Gasteiger partial charge in [-0.3, -0.25) is 35.5 Å². The summed E-state index contributed by atoms with van der Waals surface area (Å²) < 4.78 is 50.0. The van der Waals surface area contributed by atoms with Crippen molar-refractivity contribution in [1.82, 2.24) is 26.2 Å². The van der Waals surface area contributed by atoms with Crippen LogP contribution >= 0.6 is 15.6 Å². The van der Waals surface area contributed by atoms with Crippen LogP contribution in [0.1, 0.15) is 6.42 Å². The molecule has 15 N–H and O–H groups in total. The van der Waals surface area contributed by atoms with Crippen molar-refractivity contribution >= 4 is 46.8 Å². The molecule has 0 bridgehead atoms. The zero-order chi connectivity index (χ0) is 32.6. The van der Waals surface area contributed by atoms with E-state index in [0.29, 0.717) is 0 Å². The molecule has 2 unspecified atom stereocenters. The van der Waals surface area contributed by atoms with Crippen LogP contribution in [-0.2, 0) is 62.0 Å². The lowest BCUT2D eigenvalue weighted by molar-refractivity contribution is -0.145. The topological polar surface area (TPSA) is 328 Å². The Hall–Kier alpha value is -0.990. The van der Waals surface area contributed by atoms with Gasteiger partial charge in [0.05, 0.1) is 31.6 Å². The number of phosphoric acid groups is 2. The molecule has 2 saturated heterocycles. The molecule has 0 aromatic rings. The number of nitrogens with two attached hydrogens (primary N) is 3. The molecular formula is C19H34N8O13P2S2-2. The number of aliphatic hydroxyl groups is 3. The second-order valence-corrected chi connectivity index (χ2v) is 13.9. The predicted octanol–water partition coefficient (Wildman–Crippen LogP) is -5.71. The van der Waals surface area contributed by atoms with E-state index in [9.17, 15) is 39.0 Å². The predicted molar refractivity (Wildman–Crippen MR) is 151 cm³/mol. The number of amides is 1. The molecule has 0 aliphatic carbocycles. The van der Waals surface area contributed by atoms with Gasteiger partial charge in [-0.25, -0.2) is 14.0 Å². The van der Waals surface area contributed by atoms with Crippen LogP contribution in [0.3, 0.4) is 0 Å². The first kappa shape index (κ1) is 35.9. The summed E-state index contributed by atoms with van der Waals surface area (Å²) in [5.74, 6) is -0.526. The van der Waals surface area contributed by atoms with E-state index in [1.165, 1.54) is 12.3 Å². The first-order chi connectivity index (χ1) is 20.5. The third-order valence-electron chi connectivity index (χ3n) is 6.67. The van der Waals surface area contributed by atoms with E-state index < -0.39 is 103 Å². The summed E-state index contributed by atoms with van der Waals surface area (Å²) in [6, 6.07) is -1.05. The van der Waals surface area contributed by atoms with Gasteiger partial charge in [0.2, 0.25) is 5.91 Å². The Balaban J connectivity index is 1.29. The highest BCUT2D eigenvalue weighted by atomic mass is 32.1. The molecular weight excluding hydrogens is 674 g/mol. The molecule has 0 saturated carbocycles. The van der Waals surface area contributed by atoms with Crippen molar-refractivity contribution < 1.29 is 61.9 Å². The standard InChI is InChI=1S/C19H36N8O13P2S2/c20-9-1-2-27(19(31)23-9)17-13(29)12(28)6(39-17)4-36-41(32,33)40-42(34,35)37-5-7-14(44)8(43)3-10(38-7)24-15-11(21)16(30)26-18(22)25-15/h1-2,6-7,9-13,15,17-19,23-25,28-29,31,43-44H,3-5,20-22H2,(H,26,30)(H,32,33)(H,34,35)/p-2/t6-,7-,9-,10-,11+,12-,13-,15-,17-,18+,19+/m1/s1. The number of carbonyl (C=O) groups is 1. The van der Waals surface area contributed by atoms with Gasteiger partial charge < -0.3 is 81.5 Å². The number of hydrogen-bond donors (Lipinski definition) is 12. The van der Waals surface area contributed by atoms with Gasteiger partial charge in [0.1, 0.15) is 36.9 Å². The monoisotopic (exact) mass is 708 g/mol. The molecule has 44 heavy (non-hydrogen) atoms. The van der Waals surface area contributed by atoms with Crippen molar-refractivity contribution in [3.8, 4) is 0 Å². The Morgan fingerprint density at radius 2 is 1.70 bits per heavy atom. The van der Waals surface area contributed by atoms with Crippen LogP contribution in [0.15, 0.2) is 22.1 Å². The van der Waals surface area contributed by atoms with Crippen LogP contribution in [0.4, 0.5) is 0 Å². The molecule has 25 heteroatoms. The van der Waals surface area contributed by atoms with Crippen molar-refractivity contribution in [2.75, 3.05) is 13.2 Å². The van der Waals surface area contributed by atoms with Crippen LogP contribution in [0.2, 0.25) is 0 Å². The summed E-state index contributed by atoms with van der Waals surface area (Å²) >= 11 is 10.5. The van der Waals surface area contributed by atoms with E-state index in [1.807, 2.05) is 0 Å². The summed E-state index contributed by atoms with van der Waals surface area (Å²) in [6.07, 6.45) is -9.07. The van der Waals surface area contributed by atoms with Crippen molar-refractivity contribution in [3.63, 3.8) is 0 Å². The number of aliphatic hydroxyl groups excluding tert-OH is 3. The van der Waals surface area contributed by atoms with Crippen molar-refractivity contribution in [2.24, 2.45) is 17.2 Å². The third-order valence-corrected chi connectivity index (χ3v) is 10.3. The summed E-state index contributed by atoms with van der Waals surface area (Å²) in [6.45, 7) is -1.64. The van der Waals surface area contributed by atoms with E-state index >= 15 is 0 Å². The smallest absolute Gasteiger partial charge is 0.481 e. The van der Waals surface area contributed by atoms with Gasteiger partial charge in [-0.2, -0.15) is 9.22 Å². The minimum Gasteiger partial charge on any atom is -0.785 e. The Labute approximate surface area is 261 Å². The molecule has 21 nitrogen and oxygen atoms in total. The normalized spacial score (nSPS) is 40.9. The highest BCUT2D eigenvalue weighted by Gasteiger charge is 2.48. The van der Waals surface area contributed by atoms with Gasteiger partial charge in [0, 0.05) is 6.20 Å². The van der Waals surface area contributed by atoms with E-state index in [0.717, 1.165) is 4.90 Å². The molecule has 0 aromatic heterocycles. The van der Waals surface area contributed by atoms with Gasteiger partial charge in [-0.1, -0.05) is 0 Å². The number of ether oxygens (including phenoxy) is 2. The number of nitrogens with zero attached hydrogens (tertiary/aromatic N) is 1. The molecule has 4 aliphatic heterocycles. The number of hydrogen-bond acceptors (Lipinski definition) is 20. The highest BCUT2D eigenvalue weighted by Crippen LogP contribution is 2.60. The van der Waals surface area contributed by atoms with E-state index in [1.54, 1.807) is 0 Å². The maximum absolute atomic E-state index is 12.5. The first-order valence-corrected chi connectivity index (χ1v) is 16.7. The summed E-state index contributed by atoms with van der Waals surface area (Å²) in [4.78, 5) is 33.5. The molecule has 2 fully saturated rings. The van der Waals surface area contributed by atoms with Crippen molar-refractivity contribution in [1.29, 1.82) is 0 Å². The number of rotatable bonds is 11. The average Bonchev–Trinajstić information content (AvgIpc) is 3.19. The van der Waals surface area contributed by atoms with Gasteiger partial charge in [-0.15, -0.1) is 0 Å². The molecule has 4 heterocycles. The summed E-state index contributed by atoms with van der Waals surface area (Å²) in [5, 5.41) is 41.4. The average molecular weight is 709 g/mol. The van der Waals surface area contributed by atoms with Crippen LogP contribution < -0.4 is 38.5 Å². The van der Waals surface area contributed by atoms with Crippen molar-refractivity contribution in [2.45, 2.75) is 74.3 Å². The first-order valence-electron chi connectivity index (χ1n) is 12.9. The maximum atomic E-state index is 12.5. The lowest BCUT2D eigenvalue weighted by atomic mass is 10.1. The molecule has 0 spiro atoms. The second kappa shape index (κ2) is 14.4. The fourth-order valence-electron chi connectivity index (χ4n) is 4.49. The SMILES string of the molecule is N[C@@H]1NC(=O)[C@@H](N)[C@H](N[C@H]2CC([S-])=C([S-])[C@@H](COP(=O)(O)OP(=O)(O)OC[C@H]3O[C@@H](N4C=C[C@H](N)N[C@@H]4O)[C@H](O)[C@@H]3O)O2)N1. The van der Waals surface area contributed by atoms with Gasteiger partial charge >= 0.3 is 15.6 Å². The molecule has 4 rings (SSSR count). The zero-order valence-corrected chi connectivity index (χ0v) is 25.9. The fourth-order valence-corrected chi connectivity index (χ4v) is 7.06. The highest BCUT2D eigenvalue weighted by molar-refractivity contribution is 7.68. The Morgan fingerprint density at radius 3 is 2.36 bits per heavy atom. The summed E-state index contributed by atoms with van der Waals surface area (Å²) in [5.41, 5.74) is 17.2. The number of carbonyl (C=O) groups excluding carboxylic acids is 1. The van der Waals surface area contributed by atoms with Crippen LogP contribution in [0.5, 0.6) is 0 Å². The minimum atomic E-state index is -5.34. The third kappa shape index (κ3) is 8.87. The van der Waals surface area contributed by atoms with Gasteiger partial charge in [0.25, 0.3) is 0 Å². The van der Waals surface area contributed by atoms with E-state index in [4.69, 9.17) is 61.0 Å². The zero-order valence-electron chi connectivity index (χ0n) is 22.5. The molecule has 4 aliphatic rings. The van der Waals surface area contributed by atoms with Crippen molar-refractivity contribution in [3.05, 3.63) is 22.1 Å². The fraction of sp³-hybridized carbons (Fsp3) is 0.737. The molecule has 1 amide bonds. The van der Waals surface area contributed by atoms with Gasteiger partial charge in [0.15, 0.2) is 12.6 Å². The number of nitrogens with one attached hydrogen (secondary N) is 4. The molecule has 13 atom stereocenters.